The number of hydrogen-bond donors (Lipinski definition) is 6. The van der Waals surface area contributed by atoms with Crippen LogP contribution in [0.1, 0.15) is 55.2 Å². The molecule has 284 valence electrons. The summed E-state index contributed by atoms with van der Waals surface area (Å²) in [6.45, 7) is 1.72. The molecule has 6 N–H and O–H groups in total. The third-order valence-electron chi connectivity index (χ3n) is 9.00. The van der Waals surface area contributed by atoms with Crippen LogP contribution in [0.2, 0.25) is 5.02 Å². The van der Waals surface area contributed by atoms with E-state index < -0.39 is 48.5 Å². The maximum atomic E-state index is 13.2. The van der Waals surface area contributed by atoms with E-state index in [1.54, 1.807) is 36.1 Å². The summed E-state index contributed by atoms with van der Waals surface area (Å²) in [4.78, 5) is 88.6. The Balaban J connectivity index is 1.19. The van der Waals surface area contributed by atoms with Crippen molar-refractivity contribution >= 4 is 58.1 Å². The van der Waals surface area contributed by atoms with E-state index in [2.05, 4.69) is 21.3 Å². The lowest BCUT2D eigenvalue weighted by Crippen LogP contribution is -2.50. The largest absolute Gasteiger partial charge is 0.506 e. The first kappa shape index (κ1) is 40.3. The topological polar surface area (TPSA) is 224 Å². The Kier molecular flexibility index (Phi) is 14.8. The van der Waals surface area contributed by atoms with Crippen molar-refractivity contribution < 1.29 is 43.4 Å². The molecule has 1 unspecified atom stereocenters. The zero-order valence-corrected chi connectivity index (χ0v) is 30.1. The van der Waals surface area contributed by atoms with Gasteiger partial charge in [-0.25, -0.2) is 4.79 Å². The molecular formula is C37H44ClN5O10. The molecule has 53 heavy (non-hydrogen) atoms. The van der Waals surface area contributed by atoms with E-state index in [0.717, 1.165) is 5.56 Å². The average Bonchev–Trinajstić information content (AvgIpc) is 3.13. The minimum atomic E-state index is -1.22. The molecule has 5 amide bonds. The van der Waals surface area contributed by atoms with Gasteiger partial charge in [0, 0.05) is 43.9 Å². The first-order valence-electron chi connectivity index (χ1n) is 17.4. The van der Waals surface area contributed by atoms with Crippen LogP contribution >= 0.6 is 11.6 Å². The second kappa shape index (κ2) is 19.4. The molecular weight excluding hydrogens is 710 g/mol. The fourth-order valence-corrected chi connectivity index (χ4v) is 6.24. The molecule has 0 aliphatic carbocycles. The van der Waals surface area contributed by atoms with Crippen LogP contribution in [-0.2, 0) is 41.6 Å². The molecule has 0 radical (unpaired) electrons. The lowest BCUT2D eigenvalue weighted by Gasteiger charge is -2.32. The van der Waals surface area contributed by atoms with Crippen LogP contribution in [0.25, 0.3) is 11.0 Å². The van der Waals surface area contributed by atoms with Crippen LogP contribution in [0.4, 0.5) is 0 Å². The van der Waals surface area contributed by atoms with Gasteiger partial charge in [0.15, 0.2) is 0 Å². The van der Waals surface area contributed by atoms with Gasteiger partial charge >= 0.3 is 11.6 Å². The fraction of sp³-hybridized carbons (Fsp3) is 0.432. The number of halogens is 1. The van der Waals surface area contributed by atoms with Crippen molar-refractivity contribution in [2.45, 2.75) is 64.3 Å². The lowest BCUT2D eigenvalue weighted by atomic mass is 9.96. The van der Waals surface area contributed by atoms with Crippen LogP contribution in [0.15, 0.2) is 51.7 Å². The summed E-state index contributed by atoms with van der Waals surface area (Å²) in [6.07, 6.45) is 3.09. The van der Waals surface area contributed by atoms with E-state index >= 15 is 0 Å². The number of carbonyl (C=O) groups is 6. The predicted octanol–water partition coefficient (Wildman–Crippen LogP) is 1.96. The molecule has 1 aromatic heterocycles. The number of phenols is 1. The summed E-state index contributed by atoms with van der Waals surface area (Å²) < 4.78 is 5.35. The van der Waals surface area contributed by atoms with Gasteiger partial charge in [0.2, 0.25) is 29.5 Å². The smallest absolute Gasteiger partial charge is 0.340 e. The van der Waals surface area contributed by atoms with Gasteiger partial charge in [-0.05, 0) is 49.8 Å². The van der Waals surface area contributed by atoms with Crippen LogP contribution in [0.5, 0.6) is 5.75 Å². The average molecular weight is 754 g/mol. The Morgan fingerprint density at radius 2 is 1.74 bits per heavy atom. The lowest BCUT2D eigenvalue weighted by molar-refractivity contribution is -0.138. The molecule has 0 spiro atoms. The van der Waals surface area contributed by atoms with Crippen LogP contribution in [0, 0.1) is 12.8 Å². The highest BCUT2D eigenvalue weighted by Crippen LogP contribution is 2.31. The third-order valence-corrected chi connectivity index (χ3v) is 9.30. The fourth-order valence-electron chi connectivity index (χ4n) is 6.08. The monoisotopic (exact) mass is 753 g/mol. The Hall–Kier alpha value is -5.44. The van der Waals surface area contributed by atoms with Crippen molar-refractivity contribution in [1.82, 2.24) is 26.2 Å². The number of nitrogens with one attached hydrogen (secondary N) is 4. The molecule has 0 saturated carbocycles. The highest BCUT2D eigenvalue weighted by atomic mass is 35.5. The predicted molar refractivity (Wildman–Crippen MR) is 194 cm³/mol. The highest BCUT2D eigenvalue weighted by Gasteiger charge is 2.29. The number of carboxylic acid groups (broad SMARTS) is 1. The molecule has 2 heterocycles. The van der Waals surface area contributed by atoms with Crippen molar-refractivity contribution in [1.29, 1.82) is 0 Å². The number of aromatic hydroxyl groups is 1. The maximum Gasteiger partial charge on any atom is 0.340 e. The summed E-state index contributed by atoms with van der Waals surface area (Å²) in [7, 11) is 0. The minimum Gasteiger partial charge on any atom is -0.506 e. The second-order valence-corrected chi connectivity index (χ2v) is 13.4. The Morgan fingerprint density at radius 3 is 2.47 bits per heavy atom. The Labute approximate surface area is 310 Å². The van der Waals surface area contributed by atoms with E-state index in [4.69, 9.17) is 21.1 Å². The number of piperidine rings is 1. The van der Waals surface area contributed by atoms with Gasteiger partial charge < -0.3 is 40.8 Å². The number of carboxylic acids is 1. The van der Waals surface area contributed by atoms with E-state index in [9.17, 15) is 38.7 Å². The minimum absolute atomic E-state index is 0.0926. The molecule has 2 atom stereocenters. The molecule has 2 aromatic carbocycles. The normalized spacial score (nSPS) is 14.6. The van der Waals surface area contributed by atoms with Crippen molar-refractivity contribution in [2.75, 3.05) is 32.7 Å². The van der Waals surface area contributed by atoms with Crippen molar-refractivity contribution in [3.05, 3.63) is 74.6 Å². The van der Waals surface area contributed by atoms with E-state index in [0.29, 0.717) is 56.1 Å². The van der Waals surface area contributed by atoms with Crippen molar-refractivity contribution in [3.8, 4) is 5.75 Å². The molecule has 3 aromatic rings. The molecule has 15 nitrogen and oxygen atoms in total. The number of unbranched alkanes of at least 4 members (excludes halogenated alkanes) is 2. The first-order chi connectivity index (χ1) is 25.3. The van der Waals surface area contributed by atoms with Gasteiger partial charge in [0.05, 0.1) is 29.5 Å². The number of hydrogen-bond acceptors (Lipinski definition) is 9. The number of benzene rings is 2. The van der Waals surface area contributed by atoms with Gasteiger partial charge in [-0.1, -0.05) is 48.4 Å². The standard InChI is InChI=1S/C37H44ClN5O10/c1-22-25-16-27(38)29(44)18-30(25)53-37(52)26(22)17-33(47)43-14-8-11-24(21-43)35(50)39-13-7-3-6-12-31(45)42-28(15-23-9-4-2-5-10-23)36(51)41-19-32(46)40-20-34(48)49/h2,4-5,9-10,16,18,24,28,44H,3,6-8,11-15,17,19-21H2,1H3,(H,39,50)(H,40,46)(H,41,51)(H,42,45)(H,48,49)/t24?,28-/m0/s1. The second-order valence-electron chi connectivity index (χ2n) is 12.9. The molecule has 1 fully saturated rings. The van der Waals surface area contributed by atoms with Crippen molar-refractivity contribution in [3.63, 3.8) is 0 Å². The summed E-state index contributed by atoms with van der Waals surface area (Å²) in [5.74, 6) is -3.94. The van der Waals surface area contributed by atoms with Gasteiger partial charge in [-0.15, -0.1) is 0 Å². The van der Waals surface area contributed by atoms with Crippen LogP contribution in [0.3, 0.4) is 0 Å². The van der Waals surface area contributed by atoms with Gasteiger partial charge in [0.25, 0.3) is 0 Å². The zero-order valence-electron chi connectivity index (χ0n) is 29.4. The van der Waals surface area contributed by atoms with Crippen LogP contribution in [-0.4, -0.2) is 89.4 Å². The van der Waals surface area contributed by atoms with E-state index in [1.807, 2.05) is 6.07 Å². The molecule has 1 saturated heterocycles. The van der Waals surface area contributed by atoms with E-state index in [1.165, 1.54) is 12.1 Å². The number of amides is 5. The number of phenolic OH excluding ortho intramolecular Hbond substituents is 1. The van der Waals surface area contributed by atoms with Gasteiger partial charge in [-0.2, -0.15) is 0 Å². The number of likely N-dealkylation sites (tertiary alicyclic amines) is 1. The first-order valence-corrected chi connectivity index (χ1v) is 17.8. The number of aliphatic carboxylic acids is 1. The molecule has 1 aliphatic rings. The van der Waals surface area contributed by atoms with Gasteiger partial charge in [-0.3, -0.25) is 28.8 Å². The third kappa shape index (κ3) is 12.1. The molecule has 0 bridgehead atoms. The number of fused-ring (bicyclic) bond motifs is 1. The number of nitrogens with zero attached hydrogens (tertiary/aromatic N) is 1. The Morgan fingerprint density at radius 1 is 0.981 bits per heavy atom. The van der Waals surface area contributed by atoms with Crippen molar-refractivity contribution in [2.24, 2.45) is 5.92 Å². The van der Waals surface area contributed by atoms with E-state index in [-0.39, 0.29) is 65.4 Å². The number of aryl methyl sites for hydroxylation is 1. The summed E-state index contributed by atoms with van der Waals surface area (Å²) >= 11 is 6.04. The van der Waals surface area contributed by atoms with Crippen LogP contribution < -0.4 is 26.9 Å². The zero-order chi connectivity index (χ0) is 38.5. The number of carbonyl (C=O) groups excluding carboxylic acids is 5. The van der Waals surface area contributed by atoms with Gasteiger partial charge in [0.1, 0.15) is 23.9 Å². The molecule has 1 aliphatic heterocycles. The summed E-state index contributed by atoms with van der Waals surface area (Å²) in [6, 6.07) is 10.8. The highest BCUT2D eigenvalue weighted by molar-refractivity contribution is 6.32. The molecule has 16 heteroatoms. The summed E-state index contributed by atoms with van der Waals surface area (Å²) in [5.41, 5.74) is 1.01. The number of rotatable bonds is 17. The summed E-state index contributed by atoms with van der Waals surface area (Å²) in [5, 5.41) is 29.4. The molecule has 4 rings (SSSR count). The maximum absolute atomic E-state index is 13.2. The quantitative estimate of drug-likeness (QED) is 0.0868. The Bertz CT molecular complexity index is 1880. The SMILES string of the molecule is Cc1c(CC(=O)N2CCCC(C(=O)NCCCCCC(=O)N[C@@H](Cc3ccccc3)C(=O)NCC(=O)NCC(=O)O)C2)c(=O)oc2cc(O)c(Cl)cc12.